The molecule has 0 unspecified atom stereocenters. The fraction of sp³-hybridized carbons (Fsp3) is 0.550. The third-order valence-electron chi connectivity index (χ3n) is 5.22. The number of hydrogen-bond acceptors (Lipinski definition) is 6. The van der Waals surface area contributed by atoms with Gasteiger partial charge in [-0.15, -0.1) is 11.3 Å². The molecule has 2 heterocycles. The first-order valence-electron chi connectivity index (χ1n) is 9.34. The van der Waals surface area contributed by atoms with Gasteiger partial charge in [0, 0.05) is 11.3 Å². The van der Waals surface area contributed by atoms with Gasteiger partial charge in [0.15, 0.2) is 0 Å². The highest BCUT2D eigenvalue weighted by Crippen LogP contribution is 2.36. The Bertz CT molecular complexity index is 729. The normalized spacial score (nSPS) is 18.0. The summed E-state index contributed by atoms with van der Waals surface area (Å²) in [5, 5.41) is 0. The predicted molar refractivity (Wildman–Crippen MR) is 109 cm³/mol. The molecule has 0 radical (unpaired) electrons. The summed E-state index contributed by atoms with van der Waals surface area (Å²) in [6, 6.07) is 7.87. The second kappa shape index (κ2) is 8.31. The third-order valence-corrected chi connectivity index (χ3v) is 6.22. The lowest BCUT2D eigenvalue weighted by Crippen LogP contribution is -2.41. The zero-order valence-corrected chi connectivity index (χ0v) is 17.6. The highest BCUT2D eigenvalue weighted by atomic mass is 32.1. The maximum Gasteiger partial charge on any atom is 0.494 e. The van der Waals surface area contributed by atoms with Crippen LogP contribution in [0.2, 0.25) is 0 Å². The zero-order valence-electron chi connectivity index (χ0n) is 16.8. The van der Waals surface area contributed by atoms with E-state index in [1.807, 2.05) is 36.7 Å². The molecule has 1 aliphatic heterocycles. The standard InChI is InChI=1S/C20H28BNO4S/c1-15-18(27-14-22-15)10-11-23-12-13-24-17-8-6-16(7-9-17)21-25-19(2,3)20(4,5)26-21/h6-9,14H,10-13H2,1-5H3. The Balaban J connectivity index is 1.39. The van der Waals surface area contributed by atoms with Crippen LogP contribution in [0.1, 0.15) is 38.3 Å². The van der Waals surface area contributed by atoms with Gasteiger partial charge in [-0.3, -0.25) is 0 Å². The van der Waals surface area contributed by atoms with E-state index in [1.165, 1.54) is 4.88 Å². The maximum atomic E-state index is 6.07. The summed E-state index contributed by atoms with van der Waals surface area (Å²) in [5.74, 6) is 0.817. The second-order valence-electron chi connectivity index (χ2n) is 7.73. The average Bonchev–Trinajstić information content (AvgIpc) is 3.11. The lowest BCUT2D eigenvalue weighted by atomic mass is 9.79. The Morgan fingerprint density at radius 2 is 1.67 bits per heavy atom. The number of aromatic nitrogens is 1. The topological polar surface area (TPSA) is 49.8 Å². The van der Waals surface area contributed by atoms with Crippen LogP contribution in [0.4, 0.5) is 0 Å². The first-order chi connectivity index (χ1) is 12.8. The van der Waals surface area contributed by atoms with Crippen molar-refractivity contribution in [2.24, 2.45) is 0 Å². The van der Waals surface area contributed by atoms with Gasteiger partial charge in [0.1, 0.15) is 12.4 Å². The van der Waals surface area contributed by atoms with Crippen molar-refractivity contribution in [3.05, 3.63) is 40.3 Å². The van der Waals surface area contributed by atoms with Gasteiger partial charge in [-0.1, -0.05) is 12.1 Å². The van der Waals surface area contributed by atoms with E-state index in [2.05, 4.69) is 32.7 Å². The Morgan fingerprint density at radius 3 is 2.26 bits per heavy atom. The summed E-state index contributed by atoms with van der Waals surface area (Å²) in [4.78, 5) is 5.53. The first kappa shape index (κ1) is 20.3. The molecule has 27 heavy (non-hydrogen) atoms. The quantitative estimate of drug-likeness (QED) is 0.512. The van der Waals surface area contributed by atoms with Crippen LogP contribution < -0.4 is 10.2 Å². The molecule has 0 spiro atoms. The van der Waals surface area contributed by atoms with Crippen molar-refractivity contribution >= 4 is 23.9 Å². The summed E-state index contributed by atoms with van der Waals surface area (Å²) in [6.07, 6.45) is 0.902. The molecule has 1 aromatic heterocycles. The van der Waals surface area contributed by atoms with E-state index in [4.69, 9.17) is 18.8 Å². The van der Waals surface area contributed by atoms with Gasteiger partial charge >= 0.3 is 7.12 Å². The molecule has 7 heteroatoms. The molecule has 0 atom stereocenters. The van der Waals surface area contributed by atoms with Gasteiger partial charge < -0.3 is 18.8 Å². The van der Waals surface area contributed by atoms with E-state index in [9.17, 15) is 0 Å². The summed E-state index contributed by atoms with van der Waals surface area (Å²) >= 11 is 1.68. The van der Waals surface area contributed by atoms with E-state index in [0.717, 1.165) is 23.3 Å². The van der Waals surface area contributed by atoms with Crippen LogP contribution in [0.25, 0.3) is 0 Å². The summed E-state index contributed by atoms with van der Waals surface area (Å²) < 4.78 is 23.5. The minimum Gasteiger partial charge on any atom is -0.491 e. The van der Waals surface area contributed by atoms with Crippen LogP contribution in [0, 0.1) is 6.92 Å². The van der Waals surface area contributed by atoms with Crippen LogP contribution in [-0.4, -0.2) is 43.1 Å². The number of benzene rings is 1. The monoisotopic (exact) mass is 389 g/mol. The van der Waals surface area contributed by atoms with Gasteiger partial charge in [0.2, 0.25) is 0 Å². The van der Waals surface area contributed by atoms with E-state index < -0.39 is 0 Å². The van der Waals surface area contributed by atoms with Gasteiger partial charge in [-0.2, -0.15) is 0 Å². The summed E-state index contributed by atoms with van der Waals surface area (Å²) in [6.45, 7) is 12.0. The molecule has 0 saturated carbocycles. The molecular formula is C20H28BNO4S. The van der Waals surface area contributed by atoms with Gasteiger partial charge in [0.25, 0.3) is 0 Å². The number of hydrogen-bond donors (Lipinski definition) is 0. The van der Waals surface area contributed by atoms with Crippen molar-refractivity contribution in [1.82, 2.24) is 4.98 Å². The van der Waals surface area contributed by atoms with E-state index in [0.29, 0.717) is 19.8 Å². The Labute approximate surface area is 166 Å². The lowest BCUT2D eigenvalue weighted by molar-refractivity contribution is 0.00578. The molecule has 1 aromatic carbocycles. The van der Waals surface area contributed by atoms with Crippen LogP contribution in [0.5, 0.6) is 5.75 Å². The fourth-order valence-corrected chi connectivity index (χ4v) is 3.51. The van der Waals surface area contributed by atoms with Gasteiger partial charge in [-0.05, 0) is 52.2 Å². The smallest absolute Gasteiger partial charge is 0.491 e. The lowest BCUT2D eigenvalue weighted by Gasteiger charge is -2.32. The predicted octanol–water partition coefficient (Wildman–Crippen LogP) is 3.39. The Morgan fingerprint density at radius 1 is 1.00 bits per heavy atom. The molecule has 0 N–H and O–H groups in total. The molecule has 146 valence electrons. The highest BCUT2D eigenvalue weighted by Gasteiger charge is 2.51. The van der Waals surface area contributed by atoms with E-state index in [1.54, 1.807) is 11.3 Å². The summed E-state index contributed by atoms with van der Waals surface area (Å²) in [7, 11) is -0.345. The van der Waals surface area contributed by atoms with Crippen molar-refractivity contribution in [3.8, 4) is 5.75 Å². The highest BCUT2D eigenvalue weighted by molar-refractivity contribution is 7.09. The molecule has 1 aliphatic rings. The molecule has 2 aromatic rings. The van der Waals surface area contributed by atoms with Gasteiger partial charge in [0.05, 0.1) is 35.6 Å². The number of nitrogens with zero attached hydrogens (tertiary/aromatic N) is 1. The SMILES string of the molecule is Cc1ncsc1CCOCCOc1ccc(B2OC(C)(C)C(C)(C)O2)cc1. The molecule has 0 bridgehead atoms. The largest absolute Gasteiger partial charge is 0.494 e. The van der Waals surface area contributed by atoms with Crippen molar-refractivity contribution in [3.63, 3.8) is 0 Å². The van der Waals surface area contributed by atoms with Crippen molar-refractivity contribution < 1.29 is 18.8 Å². The van der Waals surface area contributed by atoms with Crippen LogP contribution in [0.3, 0.4) is 0 Å². The Hall–Kier alpha value is -1.41. The average molecular weight is 389 g/mol. The molecule has 1 saturated heterocycles. The third kappa shape index (κ3) is 4.91. The number of rotatable bonds is 8. The van der Waals surface area contributed by atoms with Crippen LogP contribution in [0.15, 0.2) is 29.8 Å². The number of ether oxygens (including phenoxy) is 2. The van der Waals surface area contributed by atoms with Crippen molar-refractivity contribution in [2.45, 2.75) is 52.2 Å². The molecule has 1 fully saturated rings. The maximum absolute atomic E-state index is 6.07. The molecule has 3 rings (SSSR count). The van der Waals surface area contributed by atoms with Crippen LogP contribution in [-0.2, 0) is 20.5 Å². The Kier molecular flexibility index (Phi) is 6.26. The van der Waals surface area contributed by atoms with Gasteiger partial charge in [-0.25, -0.2) is 4.98 Å². The van der Waals surface area contributed by atoms with E-state index in [-0.39, 0.29) is 18.3 Å². The molecule has 0 aliphatic carbocycles. The zero-order chi connectivity index (χ0) is 19.5. The van der Waals surface area contributed by atoms with Crippen LogP contribution >= 0.6 is 11.3 Å². The van der Waals surface area contributed by atoms with Crippen molar-refractivity contribution in [2.75, 3.05) is 19.8 Å². The summed E-state index contributed by atoms with van der Waals surface area (Å²) in [5.41, 5.74) is 3.31. The first-order valence-corrected chi connectivity index (χ1v) is 10.2. The molecular weight excluding hydrogens is 361 g/mol. The van der Waals surface area contributed by atoms with E-state index >= 15 is 0 Å². The number of thiazole rings is 1. The molecule has 0 amide bonds. The minimum absolute atomic E-state index is 0.331. The second-order valence-corrected chi connectivity index (χ2v) is 8.67. The fourth-order valence-electron chi connectivity index (χ4n) is 2.75. The van der Waals surface area contributed by atoms with Crippen molar-refractivity contribution in [1.29, 1.82) is 0 Å². The molecule has 5 nitrogen and oxygen atoms in total. The number of aryl methyl sites for hydroxylation is 1. The minimum atomic E-state index is -0.345.